The number of pyridine rings is 1. The van der Waals surface area contributed by atoms with Crippen molar-refractivity contribution < 1.29 is 4.79 Å². The molecule has 16 heavy (non-hydrogen) atoms. The van der Waals surface area contributed by atoms with E-state index in [2.05, 4.69) is 24.0 Å². The van der Waals surface area contributed by atoms with E-state index in [4.69, 9.17) is 0 Å². The molecule has 2 nitrogen and oxygen atoms in total. The van der Waals surface area contributed by atoms with Gasteiger partial charge in [-0.05, 0) is 29.9 Å². The largest absolute Gasteiger partial charge is 0.300 e. The zero-order valence-corrected chi connectivity index (χ0v) is 9.60. The van der Waals surface area contributed by atoms with Gasteiger partial charge in [0.15, 0.2) is 0 Å². The van der Waals surface area contributed by atoms with Gasteiger partial charge in [0.2, 0.25) is 0 Å². The van der Waals surface area contributed by atoms with Crippen molar-refractivity contribution in [3.63, 3.8) is 0 Å². The quantitative estimate of drug-likeness (QED) is 0.782. The number of hydrogen-bond acceptors (Lipinski definition) is 2. The van der Waals surface area contributed by atoms with Crippen molar-refractivity contribution in [2.24, 2.45) is 0 Å². The Morgan fingerprint density at radius 2 is 2.19 bits per heavy atom. The molecule has 2 heteroatoms. The molecule has 1 aromatic carbocycles. The van der Waals surface area contributed by atoms with E-state index in [1.165, 1.54) is 10.9 Å². The lowest BCUT2D eigenvalue weighted by Crippen LogP contribution is -2.01. The second-order valence-electron chi connectivity index (χ2n) is 4.25. The summed E-state index contributed by atoms with van der Waals surface area (Å²) in [5, 5.41) is 2.33. The molecule has 1 aromatic heterocycles. The van der Waals surface area contributed by atoms with Crippen LogP contribution in [0.15, 0.2) is 36.7 Å². The van der Waals surface area contributed by atoms with Gasteiger partial charge in [-0.2, -0.15) is 0 Å². The van der Waals surface area contributed by atoms with Crippen LogP contribution in [-0.4, -0.2) is 10.8 Å². The Kier molecular flexibility index (Phi) is 3.00. The molecule has 0 saturated carbocycles. The first kappa shape index (κ1) is 10.8. The number of Topliss-reactive ketones (excluding diaryl/α,β-unsaturated/α-hetero) is 1. The maximum atomic E-state index is 11.1. The van der Waals surface area contributed by atoms with E-state index in [1.54, 1.807) is 13.1 Å². The van der Waals surface area contributed by atoms with E-state index >= 15 is 0 Å². The molecule has 0 amide bonds. The minimum atomic E-state index is 0.230. The van der Waals surface area contributed by atoms with Crippen LogP contribution in [0.25, 0.3) is 10.8 Å². The number of rotatable bonds is 3. The number of benzene rings is 1. The van der Waals surface area contributed by atoms with Crippen LogP contribution in [-0.2, 0) is 4.79 Å². The Hall–Kier alpha value is -1.70. The summed E-state index contributed by atoms with van der Waals surface area (Å²) in [7, 11) is 0. The molecule has 0 radical (unpaired) electrons. The number of fused-ring (bicyclic) bond motifs is 1. The third kappa shape index (κ3) is 2.11. The summed E-state index contributed by atoms with van der Waals surface area (Å²) in [6.07, 6.45) is 4.26. The molecule has 0 fully saturated rings. The maximum Gasteiger partial charge on any atom is 0.130 e. The molecule has 0 aliphatic carbocycles. The number of hydrogen-bond donors (Lipinski definition) is 0. The molecular formula is C14H15NO. The van der Waals surface area contributed by atoms with Gasteiger partial charge in [0, 0.05) is 24.2 Å². The first-order valence-electron chi connectivity index (χ1n) is 5.50. The fraction of sp³-hybridized carbons (Fsp3) is 0.286. The molecule has 0 bridgehead atoms. The van der Waals surface area contributed by atoms with Crippen molar-refractivity contribution in [2.45, 2.75) is 26.2 Å². The topological polar surface area (TPSA) is 30.0 Å². The highest BCUT2D eigenvalue weighted by Crippen LogP contribution is 2.26. The summed E-state index contributed by atoms with van der Waals surface area (Å²) in [4.78, 5) is 15.3. The molecule has 0 saturated heterocycles. The van der Waals surface area contributed by atoms with E-state index in [0.717, 1.165) is 5.39 Å². The van der Waals surface area contributed by atoms with Crippen LogP contribution in [0.1, 0.15) is 31.7 Å². The normalized spacial score (nSPS) is 12.6. The predicted octanol–water partition coefficient (Wildman–Crippen LogP) is 3.32. The smallest absolute Gasteiger partial charge is 0.130 e. The Balaban J connectivity index is 2.47. The van der Waals surface area contributed by atoms with Gasteiger partial charge in [-0.15, -0.1) is 0 Å². The molecule has 0 aliphatic rings. The minimum absolute atomic E-state index is 0.230. The fourth-order valence-corrected chi connectivity index (χ4v) is 2.11. The van der Waals surface area contributed by atoms with Crippen LogP contribution in [0.3, 0.4) is 0 Å². The lowest BCUT2D eigenvalue weighted by Gasteiger charge is -2.12. The highest BCUT2D eigenvalue weighted by Gasteiger charge is 2.11. The average molecular weight is 213 g/mol. The Morgan fingerprint density at radius 1 is 1.38 bits per heavy atom. The summed E-state index contributed by atoms with van der Waals surface area (Å²) in [5.41, 5.74) is 1.21. The van der Waals surface area contributed by atoms with Gasteiger partial charge in [-0.25, -0.2) is 0 Å². The summed E-state index contributed by atoms with van der Waals surface area (Å²) < 4.78 is 0. The fourth-order valence-electron chi connectivity index (χ4n) is 2.11. The van der Waals surface area contributed by atoms with Crippen LogP contribution < -0.4 is 0 Å². The summed E-state index contributed by atoms with van der Waals surface area (Å²) in [5.74, 6) is 0.485. The number of carbonyl (C=O) groups excluding carboxylic acids is 1. The second kappa shape index (κ2) is 4.44. The molecule has 1 atom stereocenters. The first-order valence-corrected chi connectivity index (χ1v) is 5.50. The Bertz CT molecular complexity index is 514. The van der Waals surface area contributed by atoms with Gasteiger partial charge in [0.05, 0.1) is 0 Å². The molecule has 1 heterocycles. The van der Waals surface area contributed by atoms with Gasteiger partial charge < -0.3 is 4.79 Å². The summed E-state index contributed by atoms with van der Waals surface area (Å²) in [6, 6.07) is 8.19. The van der Waals surface area contributed by atoms with E-state index in [0.29, 0.717) is 6.42 Å². The molecule has 2 rings (SSSR count). The summed E-state index contributed by atoms with van der Waals surface area (Å²) in [6.45, 7) is 3.73. The maximum absolute atomic E-state index is 11.1. The minimum Gasteiger partial charge on any atom is -0.300 e. The van der Waals surface area contributed by atoms with Crippen LogP contribution in [0.2, 0.25) is 0 Å². The lowest BCUT2D eigenvalue weighted by atomic mass is 9.92. The molecule has 0 spiro atoms. The Labute approximate surface area is 95.3 Å². The molecule has 82 valence electrons. The molecule has 0 N–H and O–H groups in total. The first-order chi connectivity index (χ1) is 7.68. The zero-order chi connectivity index (χ0) is 11.5. The van der Waals surface area contributed by atoms with Crippen LogP contribution in [0, 0.1) is 0 Å². The van der Waals surface area contributed by atoms with Crippen molar-refractivity contribution in [2.75, 3.05) is 0 Å². The molecule has 2 aromatic rings. The zero-order valence-electron chi connectivity index (χ0n) is 9.60. The van der Waals surface area contributed by atoms with Gasteiger partial charge in [0.1, 0.15) is 5.78 Å². The predicted molar refractivity (Wildman–Crippen MR) is 65.5 cm³/mol. The third-order valence-corrected chi connectivity index (χ3v) is 2.84. The van der Waals surface area contributed by atoms with Gasteiger partial charge in [-0.3, -0.25) is 4.98 Å². The average Bonchev–Trinajstić information content (AvgIpc) is 2.27. The van der Waals surface area contributed by atoms with E-state index in [1.807, 2.05) is 18.3 Å². The number of carbonyl (C=O) groups is 1. The second-order valence-corrected chi connectivity index (χ2v) is 4.25. The number of nitrogens with zero attached hydrogens (tertiary/aromatic N) is 1. The Morgan fingerprint density at radius 3 is 2.94 bits per heavy atom. The van der Waals surface area contributed by atoms with Crippen LogP contribution >= 0.6 is 0 Å². The van der Waals surface area contributed by atoms with Gasteiger partial charge in [-0.1, -0.05) is 25.1 Å². The number of ketones is 1. The van der Waals surface area contributed by atoms with E-state index < -0.39 is 0 Å². The molecular weight excluding hydrogens is 198 g/mol. The lowest BCUT2D eigenvalue weighted by molar-refractivity contribution is -0.117. The highest BCUT2D eigenvalue weighted by molar-refractivity contribution is 5.86. The standard InChI is InChI=1S/C14H15NO/c1-10(8-11(2)16)13-5-3-4-12-6-7-15-9-14(12)13/h3-7,9-10H,8H2,1-2H3. The molecule has 0 aliphatic heterocycles. The number of aromatic nitrogens is 1. The molecule has 1 unspecified atom stereocenters. The third-order valence-electron chi connectivity index (χ3n) is 2.84. The van der Waals surface area contributed by atoms with Crippen molar-refractivity contribution in [3.05, 3.63) is 42.2 Å². The van der Waals surface area contributed by atoms with Gasteiger partial charge >= 0.3 is 0 Å². The van der Waals surface area contributed by atoms with Crippen molar-refractivity contribution in [1.29, 1.82) is 0 Å². The van der Waals surface area contributed by atoms with Crippen LogP contribution in [0.4, 0.5) is 0 Å². The van der Waals surface area contributed by atoms with Crippen molar-refractivity contribution >= 4 is 16.6 Å². The van der Waals surface area contributed by atoms with E-state index in [-0.39, 0.29) is 11.7 Å². The van der Waals surface area contributed by atoms with Crippen molar-refractivity contribution in [3.8, 4) is 0 Å². The van der Waals surface area contributed by atoms with Crippen molar-refractivity contribution in [1.82, 2.24) is 4.98 Å². The van der Waals surface area contributed by atoms with E-state index in [9.17, 15) is 4.79 Å². The highest BCUT2D eigenvalue weighted by atomic mass is 16.1. The SMILES string of the molecule is CC(=O)CC(C)c1cccc2ccncc12. The van der Waals surface area contributed by atoms with Gasteiger partial charge in [0.25, 0.3) is 0 Å². The monoisotopic (exact) mass is 213 g/mol. The summed E-state index contributed by atoms with van der Waals surface area (Å²) >= 11 is 0. The van der Waals surface area contributed by atoms with Crippen LogP contribution in [0.5, 0.6) is 0 Å².